The maximum atomic E-state index is 12.7. The molecule has 1 atom stereocenters. The van der Waals surface area contributed by atoms with E-state index in [0.29, 0.717) is 30.5 Å². The minimum absolute atomic E-state index is 0.0341. The lowest BCUT2D eigenvalue weighted by atomic mass is 10.1. The summed E-state index contributed by atoms with van der Waals surface area (Å²) < 4.78 is 5.41. The molecular weight excluding hydrogens is 294 g/mol. The first-order chi connectivity index (χ1) is 11.1. The molecule has 7 nitrogen and oxygen atoms in total. The third-order valence-electron chi connectivity index (χ3n) is 4.70. The molecule has 2 aromatic heterocycles. The highest BCUT2D eigenvalue weighted by molar-refractivity contribution is 5.95. The third kappa shape index (κ3) is 2.64. The van der Waals surface area contributed by atoms with Gasteiger partial charge in [0.15, 0.2) is 5.82 Å². The number of hydrogen-bond acceptors (Lipinski definition) is 5. The van der Waals surface area contributed by atoms with E-state index in [1.54, 1.807) is 6.20 Å². The Morgan fingerprint density at radius 3 is 2.91 bits per heavy atom. The zero-order valence-corrected chi connectivity index (χ0v) is 13.5. The maximum Gasteiger partial charge on any atom is 0.257 e. The minimum atomic E-state index is 0.0341. The molecular formula is C16H21N5O2. The summed E-state index contributed by atoms with van der Waals surface area (Å²) in [6.45, 7) is 5.45. The minimum Gasteiger partial charge on any atom is -0.339 e. The molecule has 4 rings (SSSR count). The van der Waals surface area contributed by atoms with Gasteiger partial charge >= 0.3 is 0 Å². The molecule has 1 aliphatic heterocycles. The van der Waals surface area contributed by atoms with Crippen molar-refractivity contribution in [1.82, 2.24) is 25.2 Å². The van der Waals surface area contributed by atoms with E-state index in [1.807, 2.05) is 4.90 Å². The Morgan fingerprint density at radius 2 is 2.17 bits per heavy atom. The Morgan fingerprint density at radius 1 is 1.35 bits per heavy atom. The first kappa shape index (κ1) is 14.4. The van der Waals surface area contributed by atoms with Gasteiger partial charge in [0.05, 0.1) is 23.4 Å². The summed E-state index contributed by atoms with van der Waals surface area (Å²) in [5.41, 5.74) is 1.57. The molecule has 1 amide bonds. The van der Waals surface area contributed by atoms with Crippen molar-refractivity contribution < 1.29 is 9.32 Å². The van der Waals surface area contributed by atoms with Crippen molar-refractivity contribution in [3.8, 4) is 0 Å². The molecule has 2 aliphatic rings. The fourth-order valence-electron chi connectivity index (χ4n) is 3.14. The van der Waals surface area contributed by atoms with Crippen LogP contribution in [0.4, 0.5) is 0 Å². The van der Waals surface area contributed by atoms with Crippen molar-refractivity contribution in [3.05, 3.63) is 29.2 Å². The van der Waals surface area contributed by atoms with Crippen LogP contribution in [-0.4, -0.2) is 44.2 Å². The molecule has 0 bridgehead atoms. The van der Waals surface area contributed by atoms with Gasteiger partial charge in [0, 0.05) is 19.0 Å². The molecule has 2 fully saturated rings. The van der Waals surface area contributed by atoms with Crippen molar-refractivity contribution in [1.29, 1.82) is 0 Å². The molecule has 1 aliphatic carbocycles. The number of likely N-dealkylation sites (tertiary alicyclic amines) is 1. The lowest BCUT2D eigenvalue weighted by Crippen LogP contribution is -2.29. The average Bonchev–Trinajstić information content (AvgIpc) is 3.03. The van der Waals surface area contributed by atoms with Crippen LogP contribution in [0.1, 0.15) is 78.6 Å². The molecule has 1 saturated heterocycles. The fourth-order valence-corrected chi connectivity index (χ4v) is 3.14. The quantitative estimate of drug-likeness (QED) is 0.936. The summed E-state index contributed by atoms with van der Waals surface area (Å²) in [5.74, 6) is 2.43. The van der Waals surface area contributed by atoms with E-state index in [0.717, 1.165) is 30.8 Å². The third-order valence-corrected chi connectivity index (χ3v) is 4.70. The Hall–Kier alpha value is -2.18. The van der Waals surface area contributed by atoms with E-state index < -0.39 is 0 Å². The number of carbonyl (C=O) groups is 1. The smallest absolute Gasteiger partial charge is 0.257 e. The number of nitrogens with one attached hydrogen (secondary N) is 1. The molecule has 7 heteroatoms. The Bertz CT molecular complexity index is 716. The van der Waals surface area contributed by atoms with Crippen molar-refractivity contribution in [2.75, 3.05) is 13.1 Å². The monoisotopic (exact) mass is 315 g/mol. The van der Waals surface area contributed by atoms with Crippen LogP contribution in [0.25, 0.3) is 0 Å². The number of hydrogen-bond donors (Lipinski definition) is 1. The number of aromatic amines is 1. The first-order valence-electron chi connectivity index (χ1n) is 8.29. The van der Waals surface area contributed by atoms with E-state index in [2.05, 4.69) is 34.2 Å². The lowest BCUT2D eigenvalue weighted by molar-refractivity contribution is 0.0788. The van der Waals surface area contributed by atoms with Crippen molar-refractivity contribution >= 4 is 5.91 Å². The molecule has 122 valence electrons. The van der Waals surface area contributed by atoms with E-state index in [9.17, 15) is 4.79 Å². The van der Waals surface area contributed by atoms with Gasteiger partial charge in [0.1, 0.15) is 0 Å². The molecule has 0 aromatic carbocycles. The summed E-state index contributed by atoms with van der Waals surface area (Å²) in [4.78, 5) is 19.1. The van der Waals surface area contributed by atoms with Gasteiger partial charge in [-0.3, -0.25) is 9.89 Å². The molecule has 3 heterocycles. The van der Waals surface area contributed by atoms with E-state index in [4.69, 9.17) is 4.52 Å². The normalized spacial score (nSPS) is 21.3. The summed E-state index contributed by atoms with van der Waals surface area (Å²) in [5, 5.41) is 11.0. The van der Waals surface area contributed by atoms with Crippen molar-refractivity contribution in [2.45, 2.75) is 50.9 Å². The van der Waals surface area contributed by atoms with Gasteiger partial charge in [-0.15, -0.1) is 0 Å². The Labute approximate surface area is 134 Å². The average molecular weight is 315 g/mol. The second-order valence-corrected chi connectivity index (χ2v) is 6.85. The van der Waals surface area contributed by atoms with Crippen LogP contribution < -0.4 is 0 Å². The van der Waals surface area contributed by atoms with E-state index in [-0.39, 0.29) is 17.7 Å². The maximum absolute atomic E-state index is 12.7. The zero-order valence-electron chi connectivity index (χ0n) is 13.5. The van der Waals surface area contributed by atoms with Crippen LogP contribution in [0.5, 0.6) is 0 Å². The molecule has 0 spiro atoms. The number of nitrogens with zero attached hydrogens (tertiary/aromatic N) is 4. The van der Waals surface area contributed by atoms with Gasteiger partial charge in [-0.1, -0.05) is 19.0 Å². The summed E-state index contributed by atoms with van der Waals surface area (Å²) in [7, 11) is 0. The second-order valence-electron chi connectivity index (χ2n) is 6.85. The van der Waals surface area contributed by atoms with Crippen LogP contribution in [0, 0.1) is 0 Å². The molecule has 1 N–H and O–H groups in total. The van der Waals surface area contributed by atoms with E-state index in [1.165, 1.54) is 0 Å². The van der Waals surface area contributed by atoms with Crippen molar-refractivity contribution in [3.63, 3.8) is 0 Å². The van der Waals surface area contributed by atoms with Crippen LogP contribution in [-0.2, 0) is 0 Å². The van der Waals surface area contributed by atoms with Gasteiger partial charge in [-0.25, -0.2) is 0 Å². The van der Waals surface area contributed by atoms with Crippen molar-refractivity contribution in [2.24, 2.45) is 0 Å². The van der Waals surface area contributed by atoms with Gasteiger partial charge < -0.3 is 9.42 Å². The summed E-state index contributed by atoms with van der Waals surface area (Å²) >= 11 is 0. The number of carbonyl (C=O) groups excluding carboxylic acids is 1. The predicted octanol–water partition coefficient (Wildman–Crippen LogP) is 2.42. The van der Waals surface area contributed by atoms with Crippen LogP contribution in [0.2, 0.25) is 0 Å². The van der Waals surface area contributed by atoms with Gasteiger partial charge in [-0.2, -0.15) is 10.1 Å². The predicted molar refractivity (Wildman–Crippen MR) is 82.2 cm³/mol. The Balaban J connectivity index is 1.46. The molecule has 0 radical (unpaired) electrons. The Kier molecular flexibility index (Phi) is 3.43. The summed E-state index contributed by atoms with van der Waals surface area (Å²) in [6, 6.07) is 0. The van der Waals surface area contributed by atoms with Crippen LogP contribution in [0.3, 0.4) is 0 Å². The largest absolute Gasteiger partial charge is 0.339 e. The highest BCUT2D eigenvalue weighted by Gasteiger charge is 2.35. The molecule has 23 heavy (non-hydrogen) atoms. The molecule has 0 unspecified atom stereocenters. The first-order valence-corrected chi connectivity index (χ1v) is 8.29. The molecule has 1 saturated carbocycles. The fraction of sp³-hybridized carbons (Fsp3) is 0.625. The molecule has 2 aromatic rings. The highest BCUT2D eigenvalue weighted by atomic mass is 16.5. The summed E-state index contributed by atoms with van der Waals surface area (Å²) in [6.07, 6.45) is 4.81. The number of rotatable bonds is 4. The number of aromatic nitrogens is 4. The highest BCUT2D eigenvalue weighted by Crippen LogP contribution is 2.39. The zero-order chi connectivity index (χ0) is 16.0. The number of amides is 1. The topological polar surface area (TPSA) is 87.9 Å². The second kappa shape index (κ2) is 5.47. The van der Waals surface area contributed by atoms with Crippen LogP contribution in [0.15, 0.2) is 10.7 Å². The van der Waals surface area contributed by atoms with Gasteiger partial charge in [-0.05, 0) is 25.2 Å². The lowest BCUT2D eigenvalue weighted by Gasteiger charge is -2.16. The van der Waals surface area contributed by atoms with Crippen LogP contribution >= 0.6 is 0 Å². The van der Waals surface area contributed by atoms with E-state index >= 15 is 0 Å². The SMILES string of the molecule is CC(C)c1[nH]ncc1C(=O)N1CC[C@H](c2nc(C3CC3)no2)C1. The van der Waals surface area contributed by atoms with Gasteiger partial charge in [0.2, 0.25) is 5.89 Å². The van der Waals surface area contributed by atoms with Gasteiger partial charge in [0.25, 0.3) is 5.91 Å². The number of H-pyrrole nitrogens is 1. The standard InChI is InChI=1S/C16H21N5O2/c1-9(2)13-12(7-17-19-13)16(22)21-6-5-11(8-21)15-18-14(20-23-15)10-3-4-10/h7,9-11H,3-6,8H2,1-2H3,(H,17,19)/t11-/m0/s1.